The van der Waals surface area contributed by atoms with Gasteiger partial charge in [-0.25, -0.2) is 0 Å². The van der Waals surface area contributed by atoms with Crippen molar-refractivity contribution in [2.24, 2.45) is 0 Å². The molecule has 0 N–H and O–H groups in total. The first-order valence-corrected chi connectivity index (χ1v) is 4.46. The fourth-order valence-electron chi connectivity index (χ4n) is 1.52. The number of carbonyl (C=O) groups excluding carboxylic acids is 1. The summed E-state index contributed by atoms with van der Waals surface area (Å²) in [4.78, 5) is 11.0. The molecule has 0 aromatic rings. The Balaban J connectivity index is 2.28. The summed E-state index contributed by atoms with van der Waals surface area (Å²) in [6.45, 7) is 2.78. The summed E-state index contributed by atoms with van der Waals surface area (Å²) >= 11 is 0. The van der Waals surface area contributed by atoms with Gasteiger partial charge in [0.15, 0.2) is 0 Å². The second kappa shape index (κ2) is 4.50. The first kappa shape index (κ1) is 8.72. The van der Waals surface area contributed by atoms with Gasteiger partial charge in [0.1, 0.15) is 5.78 Å². The van der Waals surface area contributed by atoms with Crippen molar-refractivity contribution in [2.75, 3.05) is 6.61 Å². The van der Waals surface area contributed by atoms with E-state index in [0.29, 0.717) is 11.9 Å². The monoisotopic (exact) mass is 156 g/mol. The Hall–Kier alpha value is -0.370. The summed E-state index contributed by atoms with van der Waals surface area (Å²) < 4.78 is 5.46. The lowest BCUT2D eigenvalue weighted by Gasteiger charge is -2.12. The van der Waals surface area contributed by atoms with Gasteiger partial charge in [0.05, 0.1) is 6.10 Å². The number of hydrogen-bond acceptors (Lipinski definition) is 2. The lowest BCUT2D eigenvalue weighted by atomic mass is 10.1. The lowest BCUT2D eigenvalue weighted by molar-refractivity contribution is -0.119. The van der Waals surface area contributed by atoms with E-state index in [-0.39, 0.29) is 0 Å². The standard InChI is InChI=1S/C9H16O2/c1-2-11-9-5-3-4-8(10)6-7-9/h9H,2-7H2,1H3. The van der Waals surface area contributed by atoms with Crippen LogP contribution in [0.1, 0.15) is 39.0 Å². The highest BCUT2D eigenvalue weighted by atomic mass is 16.5. The Morgan fingerprint density at radius 2 is 2.27 bits per heavy atom. The van der Waals surface area contributed by atoms with Crippen molar-refractivity contribution >= 4 is 5.78 Å². The highest BCUT2D eigenvalue weighted by molar-refractivity contribution is 5.78. The van der Waals surface area contributed by atoms with Gasteiger partial charge in [-0.05, 0) is 26.2 Å². The molecule has 0 spiro atoms. The minimum Gasteiger partial charge on any atom is -0.378 e. The molecular formula is C9H16O2. The molecule has 0 radical (unpaired) electrons. The Bertz CT molecular complexity index is 132. The molecule has 2 heteroatoms. The summed E-state index contributed by atoms with van der Waals surface area (Å²) in [5, 5.41) is 0. The predicted molar refractivity (Wildman–Crippen MR) is 43.5 cm³/mol. The van der Waals surface area contributed by atoms with Crippen LogP contribution in [-0.2, 0) is 9.53 Å². The molecule has 1 saturated carbocycles. The van der Waals surface area contributed by atoms with E-state index >= 15 is 0 Å². The first-order valence-electron chi connectivity index (χ1n) is 4.46. The average Bonchev–Trinajstić information content (AvgIpc) is 2.17. The van der Waals surface area contributed by atoms with E-state index in [0.717, 1.165) is 38.7 Å². The molecule has 2 nitrogen and oxygen atoms in total. The molecule has 11 heavy (non-hydrogen) atoms. The Labute approximate surface area is 67.9 Å². The molecule has 1 unspecified atom stereocenters. The third-order valence-corrected chi connectivity index (χ3v) is 2.13. The van der Waals surface area contributed by atoms with Gasteiger partial charge < -0.3 is 4.74 Å². The number of rotatable bonds is 2. The summed E-state index contributed by atoms with van der Waals surface area (Å²) in [7, 11) is 0. The van der Waals surface area contributed by atoms with Gasteiger partial charge in [0.2, 0.25) is 0 Å². The number of Topliss-reactive ketones (excluding diaryl/α,β-unsaturated/α-hetero) is 1. The molecule has 0 saturated heterocycles. The van der Waals surface area contributed by atoms with E-state index in [4.69, 9.17) is 4.74 Å². The third-order valence-electron chi connectivity index (χ3n) is 2.13. The highest BCUT2D eigenvalue weighted by Gasteiger charge is 2.15. The van der Waals surface area contributed by atoms with Crippen LogP contribution in [0.2, 0.25) is 0 Å². The summed E-state index contributed by atoms with van der Waals surface area (Å²) in [6.07, 6.45) is 4.87. The minimum atomic E-state index is 0.353. The van der Waals surface area contributed by atoms with E-state index in [1.165, 1.54) is 0 Å². The lowest BCUT2D eigenvalue weighted by Crippen LogP contribution is -2.11. The van der Waals surface area contributed by atoms with Gasteiger partial charge in [0.25, 0.3) is 0 Å². The minimum absolute atomic E-state index is 0.353. The molecule has 0 aromatic carbocycles. The van der Waals surface area contributed by atoms with Crippen LogP contribution in [0.5, 0.6) is 0 Å². The topological polar surface area (TPSA) is 26.3 Å². The normalized spacial score (nSPS) is 26.6. The van der Waals surface area contributed by atoms with Gasteiger partial charge >= 0.3 is 0 Å². The highest BCUT2D eigenvalue weighted by Crippen LogP contribution is 2.17. The average molecular weight is 156 g/mol. The van der Waals surface area contributed by atoms with Crippen molar-refractivity contribution in [1.82, 2.24) is 0 Å². The Kier molecular flexibility index (Phi) is 3.57. The van der Waals surface area contributed by atoms with E-state index < -0.39 is 0 Å². The van der Waals surface area contributed by atoms with Crippen LogP contribution in [0.25, 0.3) is 0 Å². The molecule has 0 bridgehead atoms. The summed E-state index contributed by atoms with van der Waals surface area (Å²) in [5.41, 5.74) is 0. The molecule has 1 aliphatic rings. The van der Waals surface area contributed by atoms with Gasteiger partial charge in [0, 0.05) is 19.4 Å². The molecular weight excluding hydrogens is 140 g/mol. The van der Waals surface area contributed by atoms with E-state index in [9.17, 15) is 4.79 Å². The smallest absolute Gasteiger partial charge is 0.133 e. The zero-order valence-electron chi connectivity index (χ0n) is 7.14. The van der Waals surface area contributed by atoms with Crippen LogP contribution in [0.4, 0.5) is 0 Å². The second-order valence-corrected chi connectivity index (χ2v) is 3.05. The van der Waals surface area contributed by atoms with Crippen LogP contribution in [0, 0.1) is 0 Å². The van der Waals surface area contributed by atoms with Crippen LogP contribution in [0.3, 0.4) is 0 Å². The van der Waals surface area contributed by atoms with Crippen molar-refractivity contribution in [3.8, 4) is 0 Å². The summed E-state index contributed by atoms with van der Waals surface area (Å²) in [5.74, 6) is 0.409. The zero-order valence-corrected chi connectivity index (χ0v) is 7.14. The largest absolute Gasteiger partial charge is 0.378 e. The van der Waals surface area contributed by atoms with E-state index in [1.807, 2.05) is 6.92 Å². The maximum absolute atomic E-state index is 11.0. The quantitative estimate of drug-likeness (QED) is 0.571. The van der Waals surface area contributed by atoms with Crippen molar-refractivity contribution in [3.05, 3.63) is 0 Å². The van der Waals surface area contributed by atoms with Crippen LogP contribution in [-0.4, -0.2) is 18.5 Å². The van der Waals surface area contributed by atoms with E-state index in [2.05, 4.69) is 0 Å². The zero-order chi connectivity index (χ0) is 8.10. The maximum Gasteiger partial charge on any atom is 0.133 e. The van der Waals surface area contributed by atoms with Crippen molar-refractivity contribution in [2.45, 2.75) is 45.1 Å². The van der Waals surface area contributed by atoms with Crippen molar-refractivity contribution < 1.29 is 9.53 Å². The van der Waals surface area contributed by atoms with Crippen LogP contribution >= 0.6 is 0 Å². The van der Waals surface area contributed by atoms with Crippen LogP contribution in [0.15, 0.2) is 0 Å². The molecule has 0 aromatic heterocycles. The molecule has 1 rings (SSSR count). The van der Waals surface area contributed by atoms with Gasteiger partial charge in [-0.15, -0.1) is 0 Å². The second-order valence-electron chi connectivity index (χ2n) is 3.05. The third kappa shape index (κ3) is 3.02. The molecule has 1 aliphatic carbocycles. The fourth-order valence-corrected chi connectivity index (χ4v) is 1.52. The molecule has 0 heterocycles. The Morgan fingerprint density at radius 3 is 3.00 bits per heavy atom. The maximum atomic E-state index is 11.0. The number of carbonyl (C=O) groups is 1. The number of ketones is 1. The summed E-state index contributed by atoms with van der Waals surface area (Å²) in [6, 6.07) is 0. The van der Waals surface area contributed by atoms with Crippen molar-refractivity contribution in [1.29, 1.82) is 0 Å². The molecule has 0 aliphatic heterocycles. The molecule has 0 amide bonds. The fraction of sp³-hybridized carbons (Fsp3) is 0.889. The molecule has 1 fully saturated rings. The van der Waals surface area contributed by atoms with Crippen molar-refractivity contribution in [3.63, 3.8) is 0 Å². The SMILES string of the molecule is CCOC1CCCC(=O)CC1. The molecule has 64 valence electrons. The van der Waals surface area contributed by atoms with Gasteiger partial charge in [-0.3, -0.25) is 4.79 Å². The first-order chi connectivity index (χ1) is 5.33. The van der Waals surface area contributed by atoms with Gasteiger partial charge in [-0.1, -0.05) is 0 Å². The van der Waals surface area contributed by atoms with Crippen LogP contribution < -0.4 is 0 Å². The Morgan fingerprint density at radius 1 is 1.45 bits per heavy atom. The number of ether oxygens (including phenoxy) is 1. The van der Waals surface area contributed by atoms with E-state index in [1.54, 1.807) is 0 Å². The van der Waals surface area contributed by atoms with Gasteiger partial charge in [-0.2, -0.15) is 0 Å². The molecule has 1 atom stereocenters. The predicted octanol–water partition coefficient (Wildman–Crippen LogP) is 1.92. The number of hydrogen-bond donors (Lipinski definition) is 0.